The summed E-state index contributed by atoms with van der Waals surface area (Å²) in [6, 6.07) is 13.0. The van der Waals surface area contributed by atoms with Crippen LogP contribution in [-0.4, -0.2) is 10.9 Å². The maximum absolute atomic E-state index is 13.1. The van der Waals surface area contributed by atoms with Crippen LogP contribution in [0.4, 0.5) is 8.78 Å². The van der Waals surface area contributed by atoms with Crippen LogP contribution in [0.5, 0.6) is 11.5 Å². The molecule has 2 heterocycles. The fraction of sp³-hybridized carbons (Fsp3) is 0.0625. The van der Waals surface area contributed by atoms with Gasteiger partial charge in [0.05, 0.1) is 5.52 Å². The minimum atomic E-state index is -3.65. The molecular formula is C16H9F2NO3. The molecule has 1 aromatic heterocycles. The summed E-state index contributed by atoms with van der Waals surface area (Å²) in [5.41, 5.74) is 1.18. The highest BCUT2D eigenvalue weighted by molar-refractivity contribution is 5.80. The Morgan fingerprint density at radius 3 is 2.59 bits per heavy atom. The maximum atomic E-state index is 13.1. The highest BCUT2D eigenvalue weighted by atomic mass is 19.3. The second-order valence-corrected chi connectivity index (χ2v) is 4.87. The van der Waals surface area contributed by atoms with E-state index in [4.69, 9.17) is 0 Å². The zero-order chi connectivity index (χ0) is 15.3. The minimum absolute atomic E-state index is 0.0147. The van der Waals surface area contributed by atoms with Crippen LogP contribution in [0.1, 0.15) is 0 Å². The van der Waals surface area contributed by atoms with Gasteiger partial charge in [-0.25, -0.2) is 0 Å². The summed E-state index contributed by atoms with van der Waals surface area (Å²) in [6.07, 6.45) is -2.05. The lowest BCUT2D eigenvalue weighted by Gasteiger charge is -2.11. The molecule has 0 fully saturated rings. The van der Waals surface area contributed by atoms with E-state index in [9.17, 15) is 13.6 Å². The molecule has 0 aliphatic carbocycles. The highest BCUT2D eigenvalue weighted by Gasteiger charge is 2.43. The van der Waals surface area contributed by atoms with E-state index < -0.39 is 6.29 Å². The molecule has 1 aliphatic rings. The number of para-hydroxylation sites is 1. The van der Waals surface area contributed by atoms with Gasteiger partial charge in [-0.05, 0) is 24.3 Å². The number of alkyl halides is 2. The van der Waals surface area contributed by atoms with Crippen molar-refractivity contribution in [1.29, 1.82) is 0 Å². The van der Waals surface area contributed by atoms with E-state index in [1.54, 1.807) is 41.1 Å². The quantitative estimate of drug-likeness (QED) is 0.692. The van der Waals surface area contributed by atoms with Crippen LogP contribution in [0.3, 0.4) is 0 Å². The van der Waals surface area contributed by atoms with Gasteiger partial charge in [-0.2, -0.15) is 0 Å². The summed E-state index contributed by atoms with van der Waals surface area (Å²) in [5, 5.41) is 0.549. The average molecular weight is 301 g/mol. The molecular weight excluding hydrogens is 292 g/mol. The van der Waals surface area contributed by atoms with Gasteiger partial charge < -0.3 is 14.0 Å². The molecule has 1 aliphatic heterocycles. The van der Waals surface area contributed by atoms with E-state index >= 15 is 0 Å². The number of pyridine rings is 1. The van der Waals surface area contributed by atoms with E-state index in [0.29, 0.717) is 16.6 Å². The fourth-order valence-corrected chi connectivity index (χ4v) is 2.52. The maximum Gasteiger partial charge on any atom is 0.586 e. The number of rotatable bonds is 1. The van der Waals surface area contributed by atoms with Gasteiger partial charge in [0.1, 0.15) is 0 Å². The average Bonchev–Trinajstić information content (AvgIpc) is 2.81. The Hall–Kier alpha value is -2.89. The summed E-state index contributed by atoms with van der Waals surface area (Å²) < 4.78 is 36.7. The molecule has 0 saturated carbocycles. The first-order chi connectivity index (χ1) is 10.5. The number of hydrogen-bond donors (Lipinski definition) is 0. The number of aromatic nitrogens is 1. The summed E-state index contributed by atoms with van der Waals surface area (Å²) in [6.45, 7) is 0. The second kappa shape index (κ2) is 4.30. The summed E-state index contributed by atoms with van der Waals surface area (Å²) in [5.74, 6) is -0.0515. The molecule has 22 heavy (non-hydrogen) atoms. The Labute approximate surface area is 123 Å². The van der Waals surface area contributed by atoms with Crippen molar-refractivity contribution in [2.24, 2.45) is 0 Å². The molecule has 0 unspecified atom stereocenters. The molecule has 0 spiro atoms. The lowest BCUT2D eigenvalue weighted by atomic mass is 10.2. The SMILES string of the molecule is O=c1ccn(-c2ccc3c(c2)OC(F)(F)O3)c2ccccc12. The lowest BCUT2D eigenvalue weighted by molar-refractivity contribution is -0.286. The molecule has 4 nitrogen and oxygen atoms in total. The number of nitrogens with zero attached hydrogens (tertiary/aromatic N) is 1. The Morgan fingerprint density at radius 2 is 1.73 bits per heavy atom. The normalized spacial score (nSPS) is 15.2. The number of hydrogen-bond acceptors (Lipinski definition) is 3. The molecule has 0 saturated heterocycles. The first-order valence-corrected chi connectivity index (χ1v) is 6.54. The fourth-order valence-electron chi connectivity index (χ4n) is 2.52. The number of benzene rings is 2. The van der Waals surface area contributed by atoms with Gasteiger partial charge in [-0.15, -0.1) is 8.78 Å². The van der Waals surface area contributed by atoms with Crippen molar-refractivity contribution >= 4 is 10.9 Å². The van der Waals surface area contributed by atoms with Crippen LogP contribution in [0.15, 0.2) is 59.5 Å². The minimum Gasteiger partial charge on any atom is -0.395 e. The van der Waals surface area contributed by atoms with Crippen LogP contribution in [0.25, 0.3) is 16.6 Å². The van der Waals surface area contributed by atoms with Gasteiger partial charge in [0, 0.05) is 29.4 Å². The number of ether oxygens (including phenoxy) is 2. The molecule has 0 radical (unpaired) electrons. The monoisotopic (exact) mass is 301 g/mol. The van der Waals surface area contributed by atoms with Gasteiger partial charge in [0.15, 0.2) is 16.9 Å². The number of fused-ring (bicyclic) bond motifs is 2. The van der Waals surface area contributed by atoms with Crippen molar-refractivity contribution in [2.75, 3.05) is 0 Å². The predicted octanol–water partition coefficient (Wildman–Crippen LogP) is 3.31. The predicted molar refractivity (Wildman–Crippen MR) is 75.7 cm³/mol. The van der Waals surface area contributed by atoms with Crippen LogP contribution < -0.4 is 14.9 Å². The van der Waals surface area contributed by atoms with E-state index in [-0.39, 0.29) is 16.9 Å². The molecule has 0 atom stereocenters. The van der Waals surface area contributed by atoms with Crippen molar-refractivity contribution in [2.45, 2.75) is 6.29 Å². The smallest absolute Gasteiger partial charge is 0.395 e. The second-order valence-electron chi connectivity index (χ2n) is 4.87. The standard InChI is InChI=1S/C16H9F2NO3/c17-16(18)21-14-6-5-10(9-15(14)22-16)19-8-7-13(20)11-3-1-2-4-12(11)19/h1-9H. The summed E-state index contributed by atoms with van der Waals surface area (Å²) >= 11 is 0. The van der Waals surface area contributed by atoms with E-state index in [1.807, 2.05) is 0 Å². The van der Waals surface area contributed by atoms with Crippen molar-refractivity contribution in [3.8, 4) is 17.2 Å². The number of halogens is 2. The molecule has 6 heteroatoms. The molecule has 0 amide bonds. The zero-order valence-electron chi connectivity index (χ0n) is 11.1. The molecule has 0 bridgehead atoms. The highest BCUT2D eigenvalue weighted by Crippen LogP contribution is 2.41. The zero-order valence-corrected chi connectivity index (χ0v) is 11.1. The third-order valence-corrected chi connectivity index (χ3v) is 3.47. The Kier molecular flexibility index (Phi) is 2.51. The molecule has 4 rings (SSSR count). The van der Waals surface area contributed by atoms with E-state index in [0.717, 1.165) is 0 Å². The van der Waals surface area contributed by atoms with Crippen LogP contribution >= 0.6 is 0 Å². The molecule has 110 valence electrons. The van der Waals surface area contributed by atoms with Gasteiger partial charge in [0.25, 0.3) is 0 Å². The van der Waals surface area contributed by atoms with Crippen molar-refractivity contribution in [1.82, 2.24) is 4.57 Å². The van der Waals surface area contributed by atoms with Crippen LogP contribution in [-0.2, 0) is 0 Å². The third kappa shape index (κ3) is 1.92. The first kappa shape index (κ1) is 12.8. The Balaban J connectivity index is 1.91. The molecule has 0 N–H and O–H groups in total. The van der Waals surface area contributed by atoms with E-state index in [1.165, 1.54) is 18.2 Å². The molecule has 3 aromatic rings. The third-order valence-electron chi connectivity index (χ3n) is 3.47. The van der Waals surface area contributed by atoms with Gasteiger partial charge in [0.2, 0.25) is 0 Å². The van der Waals surface area contributed by atoms with Crippen molar-refractivity contribution in [3.05, 3.63) is 65.0 Å². The molecule has 2 aromatic carbocycles. The van der Waals surface area contributed by atoms with Crippen LogP contribution in [0.2, 0.25) is 0 Å². The summed E-state index contributed by atoms with van der Waals surface area (Å²) in [4.78, 5) is 11.9. The summed E-state index contributed by atoms with van der Waals surface area (Å²) in [7, 11) is 0. The Bertz CT molecular complexity index is 950. The van der Waals surface area contributed by atoms with Gasteiger partial charge in [-0.1, -0.05) is 12.1 Å². The van der Waals surface area contributed by atoms with Gasteiger partial charge >= 0.3 is 6.29 Å². The largest absolute Gasteiger partial charge is 0.586 e. The lowest BCUT2D eigenvalue weighted by Crippen LogP contribution is -2.25. The Morgan fingerprint density at radius 1 is 0.955 bits per heavy atom. The van der Waals surface area contributed by atoms with E-state index in [2.05, 4.69) is 9.47 Å². The van der Waals surface area contributed by atoms with Crippen molar-refractivity contribution in [3.63, 3.8) is 0 Å². The van der Waals surface area contributed by atoms with Crippen LogP contribution in [0, 0.1) is 0 Å². The van der Waals surface area contributed by atoms with Crippen molar-refractivity contribution < 1.29 is 18.3 Å². The van der Waals surface area contributed by atoms with Gasteiger partial charge in [-0.3, -0.25) is 4.79 Å². The first-order valence-electron chi connectivity index (χ1n) is 6.54. The topological polar surface area (TPSA) is 40.5 Å².